The molecule has 0 bridgehead atoms. The highest BCUT2D eigenvalue weighted by Crippen LogP contribution is 2.32. The maximum Gasteiger partial charge on any atom is 0.314 e. The maximum absolute atomic E-state index is 11.2. The molecular formula is C16H15NO5. The fourth-order valence-corrected chi connectivity index (χ4v) is 1.94. The van der Waals surface area contributed by atoms with Crippen molar-refractivity contribution in [2.24, 2.45) is 0 Å². The number of nitro benzene ring substituents is 1. The molecule has 0 aromatic heterocycles. The summed E-state index contributed by atoms with van der Waals surface area (Å²) in [5.41, 5.74) is 0.841. The first-order valence-electron chi connectivity index (χ1n) is 6.92. The van der Waals surface area contributed by atoms with Crippen molar-refractivity contribution in [1.82, 2.24) is 0 Å². The van der Waals surface area contributed by atoms with Gasteiger partial charge in [-0.3, -0.25) is 10.1 Å². The van der Waals surface area contributed by atoms with E-state index < -0.39 is 4.92 Å². The molecule has 6 heteroatoms. The van der Waals surface area contributed by atoms with E-state index in [9.17, 15) is 10.1 Å². The van der Waals surface area contributed by atoms with Crippen molar-refractivity contribution < 1.29 is 19.1 Å². The minimum atomic E-state index is -0.471. The molecule has 0 N–H and O–H groups in total. The molecule has 0 radical (unpaired) electrons. The highest BCUT2D eigenvalue weighted by molar-refractivity contribution is 5.51. The van der Waals surface area contributed by atoms with Crippen molar-refractivity contribution in [3.05, 3.63) is 64.2 Å². The Morgan fingerprint density at radius 3 is 2.64 bits per heavy atom. The molecule has 1 aliphatic heterocycles. The summed E-state index contributed by atoms with van der Waals surface area (Å²) in [6, 6.07) is 14.1. The van der Waals surface area contributed by atoms with E-state index in [2.05, 4.69) is 0 Å². The van der Waals surface area contributed by atoms with Gasteiger partial charge in [-0.15, -0.1) is 0 Å². The lowest BCUT2D eigenvalue weighted by molar-refractivity contribution is -0.386. The van der Waals surface area contributed by atoms with Gasteiger partial charge in [0.05, 0.1) is 17.6 Å². The lowest BCUT2D eigenvalue weighted by Gasteiger charge is -2.09. The largest absolute Gasteiger partial charge is 0.491 e. The number of nitrogens with zero attached hydrogens (tertiary/aromatic N) is 1. The van der Waals surface area contributed by atoms with E-state index in [1.807, 2.05) is 30.3 Å². The van der Waals surface area contributed by atoms with Crippen LogP contribution in [0.15, 0.2) is 48.5 Å². The number of nitro groups is 1. The van der Waals surface area contributed by atoms with Gasteiger partial charge in [-0.25, -0.2) is 0 Å². The topological polar surface area (TPSA) is 74.1 Å². The first-order chi connectivity index (χ1) is 10.7. The summed E-state index contributed by atoms with van der Waals surface area (Å²) >= 11 is 0. The zero-order valence-corrected chi connectivity index (χ0v) is 11.8. The smallest absolute Gasteiger partial charge is 0.314 e. The molecule has 0 saturated carbocycles. The van der Waals surface area contributed by atoms with Crippen LogP contribution in [0.1, 0.15) is 5.56 Å². The molecule has 22 heavy (non-hydrogen) atoms. The van der Waals surface area contributed by atoms with E-state index >= 15 is 0 Å². The second-order valence-corrected chi connectivity index (χ2v) is 4.93. The van der Waals surface area contributed by atoms with Gasteiger partial charge < -0.3 is 14.2 Å². The summed E-state index contributed by atoms with van der Waals surface area (Å²) < 4.78 is 16.0. The lowest BCUT2D eigenvalue weighted by Crippen LogP contribution is -2.05. The average Bonchev–Trinajstić information content (AvgIpc) is 3.36. The molecule has 1 fully saturated rings. The number of benzene rings is 2. The van der Waals surface area contributed by atoms with Crippen LogP contribution in [0.4, 0.5) is 5.69 Å². The summed E-state index contributed by atoms with van der Waals surface area (Å²) in [4.78, 5) is 10.7. The van der Waals surface area contributed by atoms with Crippen LogP contribution in [0.25, 0.3) is 0 Å². The Hall–Kier alpha value is -2.60. The van der Waals surface area contributed by atoms with Crippen LogP contribution in [0, 0.1) is 10.1 Å². The van der Waals surface area contributed by atoms with E-state index in [-0.39, 0.29) is 24.1 Å². The molecular weight excluding hydrogens is 286 g/mol. The molecule has 114 valence electrons. The summed E-state index contributed by atoms with van der Waals surface area (Å²) in [5, 5.41) is 11.2. The Balaban J connectivity index is 1.70. The van der Waals surface area contributed by atoms with Crippen molar-refractivity contribution in [1.29, 1.82) is 0 Å². The molecule has 1 atom stereocenters. The second-order valence-electron chi connectivity index (χ2n) is 4.93. The lowest BCUT2D eigenvalue weighted by atomic mass is 10.2. The van der Waals surface area contributed by atoms with Gasteiger partial charge in [-0.05, 0) is 17.7 Å². The summed E-state index contributed by atoms with van der Waals surface area (Å²) in [7, 11) is 0. The van der Waals surface area contributed by atoms with Crippen LogP contribution >= 0.6 is 0 Å². The fourth-order valence-electron chi connectivity index (χ4n) is 1.94. The summed E-state index contributed by atoms with van der Waals surface area (Å²) in [6.07, 6.45) is 0.105. The average molecular weight is 301 g/mol. The van der Waals surface area contributed by atoms with Crippen molar-refractivity contribution in [2.75, 3.05) is 13.2 Å². The summed E-state index contributed by atoms with van der Waals surface area (Å²) in [5.74, 6) is 0.665. The highest BCUT2D eigenvalue weighted by atomic mass is 16.6. The van der Waals surface area contributed by atoms with Gasteiger partial charge in [0, 0.05) is 0 Å². The van der Waals surface area contributed by atoms with Crippen molar-refractivity contribution in [3.63, 3.8) is 0 Å². The van der Waals surface area contributed by atoms with Crippen LogP contribution in [0.3, 0.4) is 0 Å². The maximum atomic E-state index is 11.2. The Bertz CT molecular complexity index is 655. The number of rotatable bonds is 7. The van der Waals surface area contributed by atoms with E-state index in [0.717, 1.165) is 5.56 Å². The van der Waals surface area contributed by atoms with Crippen LogP contribution in [0.2, 0.25) is 0 Å². The SMILES string of the molecule is O=[N+]([O-])c1cc(OCC2CO2)ccc1OCc1ccccc1. The van der Waals surface area contributed by atoms with Crippen molar-refractivity contribution >= 4 is 5.69 Å². The number of ether oxygens (including phenoxy) is 3. The molecule has 1 saturated heterocycles. The Morgan fingerprint density at radius 1 is 1.18 bits per heavy atom. The zero-order chi connectivity index (χ0) is 15.4. The van der Waals surface area contributed by atoms with Crippen LogP contribution < -0.4 is 9.47 Å². The standard InChI is InChI=1S/C16H15NO5/c18-17(19)15-8-13(20-10-14-11-21-14)6-7-16(15)22-9-12-4-2-1-3-5-12/h1-8,14H,9-11H2. The molecule has 1 unspecified atom stereocenters. The second kappa shape index (κ2) is 6.44. The number of hydrogen-bond donors (Lipinski definition) is 0. The Morgan fingerprint density at radius 2 is 1.95 bits per heavy atom. The van der Waals surface area contributed by atoms with Crippen LogP contribution in [0.5, 0.6) is 11.5 Å². The van der Waals surface area contributed by atoms with Gasteiger partial charge in [-0.1, -0.05) is 30.3 Å². The first kappa shape index (κ1) is 14.3. The number of hydrogen-bond acceptors (Lipinski definition) is 5. The quantitative estimate of drug-likeness (QED) is 0.446. The molecule has 1 heterocycles. The molecule has 0 amide bonds. The Labute approximate surface area is 127 Å². The van der Waals surface area contributed by atoms with Gasteiger partial charge in [-0.2, -0.15) is 0 Å². The Kier molecular flexibility index (Phi) is 4.20. The third kappa shape index (κ3) is 3.73. The van der Waals surface area contributed by atoms with E-state index in [4.69, 9.17) is 14.2 Å². The molecule has 6 nitrogen and oxygen atoms in total. The van der Waals surface area contributed by atoms with Gasteiger partial charge in [0.25, 0.3) is 0 Å². The zero-order valence-electron chi connectivity index (χ0n) is 11.8. The predicted octanol–water partition coefficient (Wildman–Crippen LogP) is 2.95. The van der Waals surface area contributed by atoms with E-state index in [1.54, 1.807) is 12.1 Å². The first-order valence-corrected chi connectivity index (χ1v) is 6.92. The fraction of sp³-hybridized carbons (Fsp3) is 0.250. The van der Waals surface area contributed by atoms with Crippen molar-refractivity contribution in [2.45, 2.75) is 12.7 Å². The van der Waals surface area contributed by atoms with E-state index in [0.29, 0.717) is 19.0 Å². The third-order valence-electron chi connectivity index (χ3n) is 3.20. The van der Waals surface area contributed by atoms with Gasteiger partial charge in [0.15, 0.2) is 5.75 Å². The van der Waals surface area contributed by atoms with Gasteiger partial charge in [0.2, 0.25) is 0 Å². The molecule has 2 aromatic carbocycles. The molecule has 2 aromatic rings. The predicted molar refractivity (Wildman–Crippen MR) is 79.1 cm³/mol. The van der Waals surface area contributed by atoms with Gasteiger partial charge >= 0.3 is 5.69 Å². The molecule has 0 aliphatic carbocycles. The number of epoxide rings is 1. The normalized spacial score (nSPS) is 16.1. The third-order valence-corrected chi connectivity index (χ3v) is 3.20. The minimum absolute atomic E-state index is 0.105. The highest BCUT2D eigenvalue weighted by Gasteiger charge is 2.24. The van der Waals surface area contributed by atoms with Crippen LogP contribution in [-0.4, -0.2) is 24.2 Å². The molecule has 1 aliphatic rings. The van der Waals surface area contributed by atoms with Crippen LogP contribution in [-0.2, 0) is 11.3 Å². The molecule has 3 rings (SSSR count). The van der Waals surface area contributed by atoms with Gasteiger partial charge in [0.1, 0.15) is 25.1 Å². The van der Waals surface area contributed by atoms with E-state index in [1.165, 1.54) is 6.07 Å². The minimum Gasteiger partial charge on any atom is -0.491 e. The summed E-state index contributed by atoms with van der Waals surface area (Å²) in [6.45, 7) is 1.36. The van der Waals surface area contributed by atoms with Crippen molar-refractivity contribution in [3.8, 4) is 11.5 Å². The monoisotopic (exact) mass is 301 g/mol. The molecule has 0 spiro atoms.